The summed E-state index contributed by atoms with van der Waals surface area (Å²) in [5.74, 6) is 0.762. The summed E-state index contributed by atoms with van der Waals surface area (Å²) in [7, 11) is 0. The molecule has 4 aromatic rings. The molecular formula is C27H30N6O. The number of H-pyrrole nitrogens is 1. The number of aromatic amines is 1. The molecule has 2 aromatic heterocycles. The van der Waals surface area contributed by atoms with E-state index < -0.39 is 0 Å². The third kappa shape index (κ3) is 3.50. The van der Waals surface area contributed by atoms with Gasteiger partial charge in [0.1, 0.15) is 6.04 Å². The lowest BCUT2D eigenvalue weighted by Gasteiger charge is -2.31. The molecule has 0 spiro atoms. The van der Waals surface area contributed by atoms with Crippen molar-refractivity contribution in [1.82, 2.24) is 25.2 Å². The summed E-state index contributed by atoms with van der Waals surface area (Å²) in [6.07, 6.45) is 6.75. The summed E-state index contributed by atoms with van der Waals surface area (Å²) in [6, 6.07) is 14.7. The Bertz CT molecular complexity index is 1410. The minimum atomic E-state index is -0.352. The number of aromatic nitrogens is 5. The molecule has 1 unspecified atom stereocenters. The van der Waals surface area contributed by atoms with Gasteiger partial charge < -0.3 is 9.88 Å². The summed E-state index contributed by atoms with van der Waals surface area (Å²) in [4.78, 5) is 19.1. The van der Waals surface area contributed by atoms with Crippen LogP contribution in [0.5, 0.6) is 0 Å². The van der Waals surface area contributed by atoms with Gasteiger partial charge in [-0.2, -0.15) is 0 Å². The molecule has 0 amide bonds. The van der Waals surface area contributed by atoms with Crippen molar-refractivity contribution in [2.75, 3.05) is 11.4 Å². The Labute approximate surface area is 198 Å². The lowest BCUT2D eigenvalue weighted by atomic mass is 9.95. The standard InChI is InChI=1S/C27H30N6O/c1-17-14-18(2)21-16-22(27(34)28-23(21)15-17)25(32-13-12-19-8-6-7-11-24(19)32)26-29-30-31-33(26)20-9-4-3-5-10-20/h6-8,11,14-16,20,25H,3-5,9-10,12-13H2,1-2H3,(H,28,34). The second-order valence-electron chi connectivity index (χ2n) is 9.84. The number of benzene rings is 2. The molecule has 0 bridgehead atoms. The van der Waals surface area contributed by atoms with Crippen LogP contribution in [0, 0.1) is 13.8 Å². The van der Waals surface area contributed by atoms with Gasteiger partial charge in [-0.1, -0.05) is 43.5 Å². The molecule has 6 rings (SSSR count). The van der Waals surface area contributed by atoms with E-state index in [0.717, 1.165) is 59.3 Å². The normalized spacial score (nSPS) is 17.3. The van der Waals surface area contributed by atoms with Gasteiger partial charge in [-0.05, 0) is 78.4 Å². The van der Waals surface area contributed by atoms with Crippen LogP contribution in [0.25, 0.3) is 10.9 Å². The Morgan fingerprint density at radius 2 is 1.88 bits per heavy atom. The molecule has 1 saturated carbocycles. The summed E-state index contributed by atoms with van der Waals surface area (Å²) >= 11 is 0. The molecule has 0 radical (unpaired) electrons. The quantitative estimate of drug-likeness (QED) is 0.480. The first-order valence-electron chi connectivity index (χ1n) is 12.4. The number of anilines is 1. The van der Waals surface area contributed by atoms with Gasteiger partial charge in [-0.25, -0.2) is 4.68 Å². The summed E-state index contributed by atoms with van der Waals surface area (Å²) in [5, 5.41) is 14.2. The number of fused-ring (bicyclic) bond motifs is 2. The molecule has 1 aliphatic carbocycles. The zero-order valence-electron chi connectivity index (χ0n) is 19.8. The van der Waals surface area contributed by atoms with Crippen LogP contribution in [-0.4, -0.2) is 31.7 Å². The maximum absolute atomic E-state index is 13.6. The van der Waals surface area contributed by atoms with Crippen LogP contribution in [0.3, 0.4) is 0 Å². The van der Waals surface area contributed by atoms with Crippen molar-refractivity contribution < 1.29 is 0 Å². The monoisotopic (exact) mass is 454 g/mol. The zero-order chi connectivity index (χ0) is 23.2. The van der Waals surface area contributed by atoms with E-state index in [-0.39, 0.29) is 17.6 Å². The minimum Gasteiger partial charge on any atom is -0.357 e. The van der Waals surface area contributed by atoms with Crippen LogP contribution in [0.1, 0.15) is 72.3 Å². The fourth-order valence-electron chi connectivity index (χ4n) is 5.94. The number of pyridine rings is 1. The van der Waals surface area contributed by atoms with Crippen LogP contribution >= 0.6 is 0 Å². The number of nitrogens with one attached hydrogen (secondary N) is 1. The predicted molar refractivity (Wildman–Crippen MR) is 133 cm³/mol. The molecule has 2 aromatic carbocycles. The van der Waals surface area contributed by atoms with E-state index in [2.05, 4.69) is 75.7 Å². The number of nitrogens with zero attached hydrogens (tertiary/aromatic N) is 5. The van der Waals surface area contributed by atoms with Crippen molar-refractivity contribution in [3.63, 3.8) is 0 Å². The fraction of sp³-hybridized carbons (Fsp3) is 0.407. The van der Waals surface area contributed by atoms with Gasteiger partial charge in [0.05, 0.1) is 6.04 Å². The highest BCUT2D eigenvalue weighted by atomic mass is 16.1. The predicted octanol–water partition coefficient (Wildman–Crippen LogP) is 4.79. The Kier molecular flexibility index (Phi) is 5.20. The number of hydrogen-bond acceptors (Lipinski definition) is 5. The van der Waals surface area contributed by atoms with Crippen molar-refractivity contribution >= 4 is 16.6 Å². The number of para-hydroxylation sites is 1. The van der Waals surface area contributed by atoms with Crippen LogP contribution < -0.4 is 10.5 Å². The number of rotatable bonds is 4. The molecule has 3 heterocycles. The van der Waals surface area contributed by atoms with Crippen LogP contribution in [0.15, 0.2) is 47.3 Å². The smallest absolute Gasteiger partial charge is 0.254 e. The average molecular weight is 455 g/mol. The molecule has 174 valence electrons. The molecule has 7 heteroatoms. The number of tetrazole rings is 1. The van der Waals surface area contributed by atoms with Crippen molar-refractivity contribution in [2.45, 2.75) is 64.5 Å². The highest BCUT2D eigenvalue weighted by Crippen LogP contribution is 2.39. The highest BCUT2D eigenvalue weighted by molar-refractivity contribution is 5.83. The van der Waals surface area contributed by atoms with E-state index in [1.165, 1.54) is 24.8 Å². The Morgan fingerprint density at radius 1 is 1.06 bits per heavy atom. The van der Waals surface area contributed by atoms with Crippen molar-refractivity contribution in [3.05, 3.63) is 80.9 Å². The van der Waals surface area contributed by atoms with E-state index in [1.54, 1.807) is 0 Å². The maximum Gasteiger partial charge on any atom is 0.254 e. The summed E-state index contributed by atoms with van der Waals surface area (Å²) in [5.41, 5.74) is 6.24. The molecule has 1 atom stereocenters. The molecule has 1 fully saturated rings. The van der Waals surface area contributed by atoms with E-state index in [9.17, 15) is 4.79 Å². The first kappa shape index (κ1) is 21.1. The lowest BCUT2D eigenvalue weighted by Crippen LogP contribution is -2.35. The van der Waals surface area contributed by atoms with Crippen LogP contribution in [0.4, 0.5) is 5.69 Å². The molecule has 0 saturated heterocycles. The highest BCUT2D eigenvalue weighted by Gasteiger charge is 2.35. The molecular weight excluding hydrogens is 424 g/mol. The topological polar surface area (TPSA) is 79.7 Å². The van der Waals surface area contributed by atoms with Gasteiger partial charge in [0.15, 0.2) is 5.82 Å². The first-order valence-corrected chi connectivity index (χ1v) is 12.4. The van der Waals surface area contributed by atoms with Gasteiger partial charge in [-0.15, -0.1) is 5.10 Å². The zero-order valence-corrected chi connectivity index (χ0v) is 19.8. The van der Waals surface area contributed by atoms with E-state index in [0.29, 0.717) is 5.56 Å². The number of aryl methyl sites for hydroxylation is 2. The largest absolute Gasteiger partial charge is 0.357 e. The molecule has 1 aliphatic heterocycles. The Balaban J connectivity index is 1.56. The maximum atomic E-state index is 13.6. The lowest BCUT2D eigenvalue weighted by molar-refractivity contribution is 0.313. The SMILES string of the molecule is Cc1cc(C)c2cc(C(c3nnnn3C3CCCCC3)N3CCc4ccccc43)c(=O)[nH]c2c1. The van der Waals surface area contributed by atoms with Crippen LogP contribution in [-0.2, 0) is 6.42 Å². The third-order valence-electron chi connectivity index (χ3n) is 7.55. The summed E-state index contributed by atoms with van der Waals surface area (Å²) in [6.45, 7) is 4.98. The van der Waals surface area contributed by atoms with Gasteiger partial charge in [-0.3, -0.25) is 4.79 Å². The molecule has 2 aliphatic rings. The van der Waals surface area contributed by atoms with E-state index >= 15 is 0 Å². The minimum absolute atomic E-state index is 0.0786. The fourth-order valence-corrected chi connectivity index (χ4v) is 5.94. The molecule has 1 N–H and O–H groups in total. The third-order valence-corrected chi connectivity index (χ3v) is 7.55. The number of hydrogen-bond donors (Lipinski definition) is 1. The van der Waals surface area contributed by atoms with Gasteiger partial charge >= 0.3 is 0 Å². The van der Waals surface area contributed by atoms with Gasteiger partial charge in [0, 0.05) is 28.7 Å². The first-order chi connectivity index (χ1) is 16.6. The van der Waals surface area contributed by atoms with E-state index in [4.69, 9.17) is 0 Å². The molecule has 7 nitrogen and oxygen atoms in total. The van der Waals surface area contributed by atoms with E-state index in [1.807, 2.05) is 10.7 Å². The van der Waals surface area contributed by atoms with Crippen molar-refractivity contribution in [2.24, 2.45) is 0 Å². The second kappa shape index (κ2) is 8.38. The van der Waals surface area contributed by atoms with Crippen molar-refractivity contribution in [3.8, 4) is 0 Å². The van der Waals surface area contributed by atoms with Crippen molar-refractivity contribution in [1.29, 1.82) is 0 Å². The molecule has 34 heavy (non-hydrogen) atoms. The van der Waals surface area contributed by atoms with Gasteiger partial charge in [0.2, 0.25) is 0 Å². The second-order valence-corrected chi connectivity index (χ2v) is 9.84. The Morgan fingerprint density at radius 3 is 2.74 bits per heavy atom. The van der Waals surface area contributed by atoms with Crippen LogP contribution in [0.2, 0.25) is 0 Å². The average Bonchev–Trinajstić information content (AvgIpc) is 3.49. The Hall–Kier alpha value is -3.48. The van der Waals surface area contributed by atoms with Gasteiger partial charge in [0.25, 0.3) is 5.56 Å². The summed E-state index contributed by atoms with van der Waals surface area (Å²) < 4.78 is 2.01.